The van der Waals surface area contributed by atoms with E-state index in [4.69, 9.17) is 5.11 Å². The van der Waals surface area contributed by atoms with Crippen LogP contribution in [0.5, 0.6) is 0 Å². The highest BCUT2D eigenvalue weighted by molar-refractivity contribution is 5.80. The van der Waals surface area contributed by atoms with Crippen LogP contribution < -0.4 is 5.56 Å². The number of carbonyl (C=O) groups is 3. The third-order valence-electron chi connectivity index (χ3n) is 4.69. The maximum atomic E-state index is 12.6. The number of pyridine rings is 1. The number of nitro groups is 1. The molecule has 1 unspecified atom stereocenters. The Morgan fingerprint density at radius 1 is 1.29 bits per heavy atom. The molecule has 1 atom stereocenters. The molecule has 152 valence electrons. The van der Waals surface area contributed by atoms with Crippen molar-refractivity contribution in [2.45, 2.75) is 38.8 Å². The van der Waals surface area contributed by atoms with Gasteiger partial charge in [0.2, 0.25) is 11.8 Å². The van der Waals surface area contributed by atoms with E-state index in [2.05, 4.69) is 0 Å². The summed E-state index contributed by atoms with van der Waals surface area (Å²) >= 11 is 0. The maximum absolute atomic E-state index is 12.6. The van der Waals surface area contributed by atoms with Crippen LogP contribution in [0.15, 0.2) is 23.1 Å². The minimum absolute atomic E-state index is 0.283. The molecule has 1 saturated heterocycles. The van der Waals surface area contributed by atoms with Crippen LogP contribution in [0.2, 0.25) is 0 Å². The molecule has 1 aromatic rings. The molecule has 11 heteroatoms. The van der Waals surface area contributed by atoms with E-state index in [0.717, 1.165) is 22.9 Å². The van der Waals surface area contributed by atoms with Gasteiger partial charge in [-0.05, 0) is 19.3 Å². The number of amides is 2. The van der Waals surface area contributed by atoms with Crippen LogP contribution in [0.3, 0.4) is 0 Å². The number of carboxylic acids is 1. The molecule has 2 heterocycles. The molecule has 1 aliphatic heterocycles. The van der Waals surface area contributed by atoms with E-state index in [1.165, 1.54) is 16.7 Å². The number of hydrogen-bond donors (Lipinski definition) is 1. The van der Waals surface area contributed by atoms with Crippen molar-refractivity contribution in [2.75, 3.05) is 19.6 Å². The maximum Gasteiger partial charge on any atom is 0.323 e. The van der Waals surface area contributed by atoms with E-state index >= 15 is 0 Å². The van der Waals surface area contributed by atoms with Crippen molar-refractivity contribution in [1.82, 2.24) is 14.4 Å². The third kappa shape index (κ3) is 5.38. The number of aromatic nitrogens is 1. The van der Waals surface area contributed by atoms with E-state index in [-0.39, 0.29) is 30.1 Å². The minimum Gasteiger partial charge on any atom is -0.480 e. The van der Waals surface area contributed by atoms with Crippen molar-refractivity contribution in [1.29, 1.82) is 0 Å². The molecule has 0 spiro atoms. The van der Waals surface area contributed by atoms with Crippen molar-refractivity contribution < 1.29 is 24.4 Å². The van der Waals surface area contributed by atoms with Gasteiger partial charge in [-0.15, -0.1) is 0 Å². The van der Waals surface area contributed by atoms with Gasteiger partial charge in [0.25, 0.3) is 11.2 Å². The number of likely N-dealkylation sites (tertiary alicyclic amines) is 1. The van der Waals surface area contributed by atoms with Crippen LogP contribution in [0, 0.1) is 10.1 Å². The number of aliphatic carboxylic acids is 1. The largest absolute Gasteiger partial charge is 0.480 e. The molecule has 1 aliphatic rings. The van der Waals surface area contributed by atoms with Gasteiger partial charge in [-0.2, -0.15) is 0 Å². The van der Waals surface area contributed by atoms with Crippen LogP contribution >= 0.6 is 0 Å². The molecule has 0 aliphatic carbocycles. The molecule has 1 aromatic heterocycles. The molecule has 0 bridgehead atoms. The average molecular weight is 394 g/mol. The lowest BCUT2D eigenvalue weighted by Crippen LogP contribution is -2.43. The summed E-state index contributed by atoms with van der Waals surface area (Å²) in [5.74, 6) is -1.80. The SMILES string of the molecule is CC(=O)N(CC(=O)O)C1CCCN(C(=O)Cn2cc([N+](=O)[O-])ccc2=O)CC1. The van der Waals surface area contributed by atoms with Gasteiger partial charge >= 0.3 is 5.97 Å². The summed E-state index contributed by atoms with van der Waals surface area (Å²) in [6.07, 6.45) is 2.59. The number of carbonyl (C=O) groups excluding carboxylic acids is 2. The standard InChI is InChI=1S/C17H22N4O7/c1-12(22)20(11-17(25)26)13-3-2-7-18(8-6-13)16(24)10-19-9-14(21(27)28)4-5-15(19)23/h4-5,9,13H,2-3,6-8,10-11H2,1H3,(H,25,26). The summed E-state index contributed by atoms with van der Waals surface area (Å²) in [5, 5.41) is 19.8. The first-order valence-electron chi connectivity index (χ1n) is 8.80. The summed E-state index contributed by atoms with van der Waals surface area (Å²) in [6.45, 7) is 1.30. The van der Waals surface area contributed by atoms with Crippen LogP contribution in [-0.4, -0.2) is 67.9 Å². The van der Waals surface area contributed by atoms with Crippen LogP contribution in [-0.2, 0) is 20.9 Å². The number of carboxylic acid groups (broad SMARTS) is 1. The molecule has 1 fully saturated rings. The van der Waals surface area contributed by atoms with E-state index < -0.39 is 23.0 Å². The molecule has 0 radical (unpaired) electrons. The zero-order chi connectivity index (χ0) is 20.8. The number of nitrogens with zero attached hydrogens (tertiary/aromatic N) is 4. The first kappa shape index (κ1) is 21.1. The zero-order valence-corrected chi connectivity index (χ0v) is 15.4. The van der Waals surface area contributed by atoms with Crippen molar-refractivity contribution in [3.8, 4) is 0 Å². The molecule has 2 rings (SSSR count). The van der Waals surface area contributed by atoms with Gasteiger partial charge in [0, 0.05) is 38.2 Å². The highest BCUT2D eigenvalue weighted by Crippen LogP contribution is 2.18. The predicted molar refractivity (Wildman–Crippen MR) is 96.6 cm³/mol. The summed E-state index contributed by atoms with van der Waals surface area (Å²) in [4.78, 5) is 60.2. The fraction of sp³-hybridized carbons (Fsp3) is 0.529. The van der Waals surface area contributed by atoms with E-state index in [9.17, 15) is 29.3 Å². The van der Waals surface area contributed by atoms with Crippen molar-refractivity contribution in [3.63, 3.8) is 0 Å². The van der Waals surface area contributed by atoms with E-state index in [1.807, 2.05) is 0 Å². The highest BCUT2D eigenvalue weighted by atomic mass is 16.6. The molecular formula is C17H22N4O7. The summed E-state index contributed by atoms with van der Waals surface area (Å²) in [5.41, 5.74) is -0.801. The second kappa shape index (κ2) is 9.11. The molecule has 0 aromatic carbocycles. The van der Waals surface area contributed by atoms with Gasteiger partial charge < -0.3 is 14.9 Å². The summed E-state index contributed by atoms with van der Waals surface area (Å²) in [7, 11) is 0. The third-order valence-corrected chi connectivity index (χ3v) is 4.69. The topological polar surface area (TPSA) is 143 Å². The lowest BCUT2D eigenvalue weighted by Gasteiger charge is -2.28. The van der Waals surface area contributed by atoms with E-state index in [0.29, 0.717) is 32.4 Å². The van der Waals surface area contributed by atoms with Crippen molar-refractivity contribution in [3.05, 3.63) is 38.8 Å². The van der Waals surface area contributed by atoms with Crippen LogP contribution in [0.4, 0.5) is 5.69 Å². The second-order valence-corrected chi connectivity index (χ2v) is 6.62. The van der Waals surface area contributed by atoms with Gasteiger partial charge in [0.1, 0.15) is 13.1 Å². The average Bonchev–Trinajstić information content (AvgIpc) is 2.87. The molecular weight excluding hydrogens is 372 g/mol. The molecule has 1 N–H and O–H groups in total. The minimum atomic E-state index is -1.10. The lowest BCUT2D eigenvalue weighted by molar-refractivity contribution is -0.385. The smallest absolute Gasteiger partial charge is 0.323 e. The fourth-order valence-corrected chi connectivity index (χ4v) is 3.28. The Kier molecular flexibility index (Phi) is 6.85. The van der Waals surface area contributed by atoms with Gasteiger partial charge in [0.05, 0.1) is 11.1 Å². The number of hydrogen-bond acceptors (Lipinski definition) is 6. The number of rotatable bonds is 6. The quantitative estimate of drug-likeness (QED) is 0.531. The fourth-order valence-electron chi connectivity index (χ4n) is 3.28. The summed E-state index contributed by atoms with van der Waals surface area (Å²) in [6, 6.07) is 1.84. The van der Waals surface area contributed by atoms with Gasteiger partial charge in [-0.25, -0.2) is 0 Å². The molecule has 2 amide bonds. The predicted octanol–water partition coefficient (Wildman–Crippen LogP) is 0.0707. The normalized spacial score (nSPS) is 16.9. The highest BCUT2D eigenvalue weighted by Gasteiger charge is 2.27. The lowest BCUT2D eigenvalue weighted by atomic mass is 10.1. The molecule has 0 saturated carbocycles. The van der Waals surface area contributed by atoms with Crippen molar-refractivity contribution in [2.24, 2.45) is 0 Å². The monoisotopic (exact) mass is 394 g/mol. The van der Waals surface area contributed by atoms with E-state index in [1.54, 1.807) is 0 Å². The zero-order valence-electron chi connectivity index (χ0n) is 15.4. The van der Waals surface area contributed by atoms with Crippen LogP contribution in [0.1, 0.15) is 26.2 Å². The van der Waals surface area contributed by atoms with Crippen molar-refractivity contribution >= 4 is 23.5 Å². The second-order valence-electron chi connectivity index (χ2n) is 6.62. The Morgan fingerprint density at radius 3 is 2.61 bits per heavy atom. The van der Waals surface area contributed by atoms with Gasteiger partial charge in [0.15, 0.2) is 0 Å². The van der Waals surface area contributed by atoms with Crippen LogP contribution in [0.25, 0.3) is 0 Å². The molecule has 28 heavy (non-hydrogen) atoms. The first-order chi connectivity index (χ1) is 13.2. The van der Waals surface area contributed by atoms with Gasteiger partial charge in [-0.3, -0.25) is 33.9 Å². The Bertz CT molecular complexity index is 835. The van der Waals surface area contributed by atoms with Gasteiger partial charge in [-0.1, -0.05) is 0 Å². The first-order valence-corrected chi connectivity index (χ1v) is 8.80. The Morgan fingerprint density at radius 2 is 2.00 bits per heavy atom. The Hall–Kier alpha value is -3.24. The molecule has 11 nitrogen and oxygen atoms in total. The Balaban J connectivity index is 2.05. The summed E-state index contributed by atoms with van der Waals surface area (Å²) < 4.78 is 0.995. The Labute approximate surface area is 160 Å².